The molecule has 0 aliphatic carbocycles. The van der Waals surface area contributed by atoms with Crippen molar-refractivity contribution >= 4 is 11.0 Å². The van der Waals surface area contributed by atoms with Gasteiger partial charge in [0, 0.05) is 13.1 Å². The van der Waals surface area contributed by atoms with Crippen molar-refractivity contribution in [2.75, 3.05) is 6.54 Å². The van der Waals surface area contributed by atoms with E-state index in [1.54, 1.807) is 6.92 Å². The summed E-state index contributed by atoms with van der Waals surface area (Å²) in [5, 5.41) is 9.61. The minimum atomic E-state index is -0.566. The van der Waals surface area contributed by atoms with Gasteiger partial charge in [-0.15, -0.1) is 0 Å². The zero-order chi connectivity index (χ0) is 10.8. The van der Waals surface area contributed by atoms with Crippen LogP contribution in [0.15, 0.2) is 24.3 Å². The highest BCUT2D eigenvalue weighted by Gasteiger charge is 2.13. The summed E-state index contributed by atoms with van der Waals surface area (Å²) in [6, 6.07) is 7.83. The van der Waals surface area contributed by atoms with E-state index in [9.17, 15) is 5.11 Å². The molecule has 0 saturated heterocycles. The van der Waals surface area contributed by atoms with Crippen LogP contribution in [-0.4, -0.2) is 21.2 Å². The highest BCUT2D eigenvalue weighted by Crippen LogP contribution is 2.19. The number of aromatic nitrogens is 2. The highest BCUT2D eigenvalue weighted by atomic mass is 16.3. The van der Waals surface area contributed by atoms with Crippen molar-refractivity contribution in [3.63, 3.8) is 0 Å². The second kappa shape index (κ2) is 4.00. The molecule has 1 aromatic carbocycles. The largest absolute Gasteiger partial charge is 0.385 e. The molecule has 0 aliphatic heterocycles. The molecule has 3 N–H and O–H groups in total. The number of para-hydroxylation sites is 2. The van der Waals surface area contributed by atoms with Gasteiger partial charge in [0.15, 0.2) is 0 Å². The fourth-order valence-electron chi connectivity index (χ4n) is 1.78. The molecule has 80 valence electrons. The third-order valence-electron chi connectivity index (χ3n) is 2.41. The maximum absolute atomic E-state index is 9.61. The van der Waals surface area contributed by atoms with Crippen molar-refractivity contribution in [1.29, 1.82) is 0 Å². The minimum Gasteiger partial charge on any atom is -0.385 e. The number of imidazole rings is 1. The molecule has 0 radical (unpaired) electrons. The Morgan fingerprint density at radius 1 is 1.47 bits per heavy atom. The van der Waals surface area contributed by atoms with Crippen LogP contribution in [-0.2, 0) is 6.54 Å². The van der Waals surface area contributed by atoms with Gasteiger partial charge in [-0.05, 0) is 19.1 Å². The predicted octanol–water partition coefficient (Wildman–Crippen LogP) is 1.05. The first-order valence-corrected chi connectivity index (χ1v) is 5.07. The molecule has 0 saturated carbocycles. The number of hydrogen-bond donors (Lipinski definition) is 2. The van der Waals surface area contributed by atoms with Crippen molar-refractivity contribution in [2.24, 2.45) is 5.73 Å². The summed E-state index contributed by atoms with van der Waals surface area (Å²) in [5.41, 5.74) is 7.48. The Morgan fingerprint density at radius 3 is 2.87 bits per heavy atom. The van der Waals surface area contributed by atoms with E-state index in [1.165, 1.54) is 0 Å². The van der Waals surface area contributed by atoms with Crippen LogP contribution >= 0.6 is 0 Å². The second-order valence-corrected chi connectivity index (χ2v) is 3.58. The Bertz CT molecular complexity index is 462. The molecular weight excluding hydrogens is 190 g/mol. The fourth-order valence-corrected chi connectivity index (χ4v) is 1.78. The quantitative estimate of drug-likeness (QED) is 0.787. The number of benzene rings is 1. The lowest BCUT2D eigenvalue weighted by atomic mass is 10.3. The molecule has 0 bridgehead atoms. The smallest absolute Gasteiger partial charge is 0.138 e. The van der Waals surface area contributed by atoms with Crippen LogP contribution in [0.2, 0.25) is 0 Å². The summed E-state index contributed by atoms with van der Waals surface area (Å²) < 4.78 is 1.97. The lowest BCUT2D eigenvalue weighted by Gasteiger charge is -2.08. The fraction of sp³-hybridized carbons (Fsp3) is 0.364. The number of hydrogen-bond acceptors (Lipinski definition) is 3. The Morgan fingerprint density at radius 2 is 2.20 bits per heavy atom. The summed E-state index contributed by atoms with van der Waals surface area (Å²) in [6.07, 6.45) is -0.566. The van der Waals surface area contributed by atoms with Crippen LogP contribution in [0.1, 0.15) is 18.9 Å². The summed E-state index contributed by atoms with van der Waals surface area (Å²) in [6.45, 7) is 2.94. The molecule has 1 aromatic heterocycles. The second-order valence-electron chi connectivity index (χ2n) is 3.58. The molecule has 0 amide bonds. The molecule has 2 aromatic rings. The number of fused-ring (bicyclic) bond motifs is 1. The zero-order valence-corrected chi connectivity index (χ0v) is 8.72. The van der Waals surface area contributed by atoms with Crippen LogP contribution in [0.4, 0.5) is 0 Å². The first kappa shape index (κ1) is 10.1. The summed E-state index contributed by atoms with van der Waals surface area (Å²) >= 11 is 0. The van der Waals surface area contributed by atoms with Gasteiger partial charge in [-0.1, -0.05) is 12.1 Å². The number of aliphatic hydroxyl groups is 1. The maximum Gasteiger partial charge on any atom is 0.138 e. The van der Waals surface area contributed by atoms with Gasteiger partial charge >= 0.3 is 0 Å². The van der Waals surface area contributed by atoms with Crippen LogP contribution in [0.3, 0.4) is 0 Å². The molecule has 0 fully saturated rings. The number of nitrogens with two attached hydrogens (primary N) is 1. The van der Waals surface area contributed by atoms with Crippen LogP contribution in [0.5, 0.6) is 0 Å². The molecule has 0 aliphatic rings. The van der Waals surface area contributed by atoms with Gasteiger partial charge in [0.1, 0.15) is 11.9 Å². The van der Waals surface area contributed by atoms with Gasteiger partial charge in [-0.2, -0.15) is 0 Å². The van der Waals surface area contributed by atoms with Crippen LogP contribution in [0, 0.1) is 0 Å². The molecule has 4 nitrogen and oxygen atoms in total. The summed E-state index contributed by atoms with van der Waals surface area (Å²) in [7, 11) is 0. The van der Waals surface area contributed by atoms with Crippen LogP contribution in [0.25, 0.3) is 11.0 Å². The molecule has 1 heterocycles. The van der Waals surface area contributed by atoms with Gasteiger partial charge < -0.3 is 15.4 Å². The summed E-state index contributed by atoms with van der Waals surface area (Å²) in [5.74, 6) is 0.682. The normalized spacial score (nSPS) is 13.3. The predicted molar refractivity (Wildman–Crippen MR) is 59.4 cm³/mol. The first-order valence-electron chi connectivity index (χ1n) is 5.07. The third-order valence-corrected chi connectivity index (χ3v) is 2.41. The zero-order valence-electron chi connectivity index (χ0n) is 8.72. The standard InChI is InChI=1S/C11H15N3O/c1-8(15)11-13-9-4-2-3-5-10(9)14(11)7-6-12/h2-5,8,15H,6-7,12H2,1H3/t8-/m1/s1. The van der Waals surface area contributed by atoms with Crippen molar-refractivity contribution in [3.8, 4) is 0 Å². The van der Waals surface area contributed by atoms with E-state index in [-0.39, 0.29) is 0 Å². The van der Waals surface area contributed by atoms with E-state index in [0.717, 1.165) is 11.0 Å². The SMILES string of the molecule is C[C@@H](O)c1nc2ccccc2n1CCN. The maximum atomic E-state index is 9.61. The van der Waals surface area contributed by atoms with Crippen molar-refractivity contribution in [1.82, 2.24) is 9.55 Å². The van der Waals surface area contributed by atoms with E-state index >= 15 is 0 Å². The minimum absolute atomic E-state index is 0.542. The Kier molecular flexibility index (Phi) is 2.70. The lowest BCUT2D eigenvalue weighted by Crippen LogP contribution is -2.13. The molecule has 0 unspecified atom stereocenters. The lowest BCUT2D eigenvalue weighted by molar-refractivity contribution is 0.184. The van der Waals surface area contributed by atoms with Gasteiger partial charge in [0.05, 0.1) is 11.0 Å². The van der Waals surface area contributed by atoms with Crippen LogP contribution < -0.4 is 5.73 Å². The molecule has 15 heavy (non-hydrogen) atoms. The average Bonchev–Trinajstić information content (AvgIpc) is 2.58. The Hall–Kier alpha value is -1.39. The third kappa shape index (κ3) is 1.73. The number of aliphatic hydroxyl groups excluding tert-OH is 1. The number of nitrogens with zero attached hydrogens (tertiary/aromatic N) is 2. The van der Waals surface area contributed by atoms with Gasteiger partial charge in [0.25, 0.3) is 0 Å². The van der Waals surface area contributed by atoms with Crippen molar-refractivity contribution in [2.45, 2.75) is 19.6 Å². The average molecular weight is 205 g/mol. The molecular formula is C11H15N3O. The molecule has 1 atom stereocenters. The number of rotatable bonds is 3. The Balaban J connectivity index is 2.63. The van der Waals surface area contributed by atoms with E-state index in [4.69, 9.17) is 5.73 Å². The topological polar surface area (TPSA) is 64.1 Å². The first-order chi connectivity index (χ1) is 7.24. The van der Waals surface area contributed by atoms with Gasteiger partial charge in [0.2, 0.25) is 0 Å². The van der Waals surface area contributed by atoms with Gasteiger partial charge in [-0.3, -0.25) is 0 Å². The highest BCUT2D eigenvalue weighted by molar-refractivity contribution is 5.75. The van der Waals surface area contributed by atoms with Crippen molar-refractivity contribution in [3.05, 3.63) is 30.1 Å². The summed E-state index contributed by atoms with van der Waals surface area (Å²) in [4.78, 5) is 4.39. The van der Waals surface area contributed by atoms with E-state index in [1.807, 2.05) is 28.8 Å². The molecule has 0 spiro atoms. The van der Waals surface area contributed by atoms with Crippen molar-refractivity contribution < 1.29 is 5.11 Å². The van der Waals surface area contributed by atoms with E-state index < -0.39 is 6.10 Å². The monoisotopic (exact) mass is 205 g/mol. The van der Waals surface area contributed by atoms with E-state index in [0.29, 0.717) is 18.9 Å². The molecule has 2 rings (SSSR count). The Labute approximate surface area is 88.3 Å². The molecule has 4 heteroatoms. The van der Waals surface area contributed by atoms with E-state index in [2.05, 4.69) is 4.98 Å². The van der Waals surface area contributed by atoms with Gasteiger partial charge in [-0.25, -0.2) is 4.98 Å².